The Morgan fingerprint density at radius 3 is 2.62 bits per heavy atom. The lowest BCUT2D eigenvalue weighted by Gasteiger charge is -2.12. The Hall–Kier alpha value is -1.80. The van der Waals surface area contributed by atoms with Crippen molar-refractivity contribution >= 4 is 5.91 Å². The van der Waals surface area contributed by atoms with Gasteiger partial charge in [-0.05, 0) is 31.4 Å². The van der Waals surface area contributed by atoms with Gasteiger partial charge >= 0.3 is 12.1 Å². The molecule has 1 fully saturated rings. The number of nitrogens with one attached hydrogen (secondary N) is 1. The number of unbranched alkanes of at least 4 members (excludes halogenated alkanes) is 1. The molecule has 0 radical (unpaired) electrons. The zero-order valence-corrected chi connectivity index (χ0v) is 13.3. The molecule has 1 N–H and O–H groups in total. The summed E-state index contributed by atoms with van der Waals surface area (Å²) in [4.78, 5) is 10.6. The lowest BCUT2D eigenvalue weighted by atomic mass is 10.1. The van der Waals surface area contributed by atoms with Gasteiger partial charge in [-0.1, -0.05) is 12.1 Å². The molecule has 2 rings (SSSR count). The summed E-state index contributed by atoms with van der Waals surface area (Å²) in [5.41, 5.74) is 0.885. The highest BCUT2D eigenvalue weighted by Gasteiger charge is 2.38. The molecule has 0 aliphatic carbocycles. The van der Waals surface area contributed by atoms with Crippen molar-refractivity contribution in [3.05, 3.63) is 29.8 Å². The Morgan fingerprint density at radius 1 is 1.29 bits per heavy atom. The smallest absolute Gasteiger partial charge is 0.471 e. The summed E-state index contributed by atoms with van der Waals surface area (Å²) in [5, 5.41) is 1.85. The van der Waals surface area contributed by atoms with Crippen molar-refractivity contribution in [1.29, 1.82) is 0 Å². The van der Waals surface area contributed by atoms with Crippen LogP contribution in [0.3, 0.4) is 0 Å². The predicted octanol–water partition coefficient (Wildman–Crippen LogP) is 2.96. The summed E-state index contributed by atoms with van der Waals surface area (Å²) in [6, 6.07) is 7.36. The molecular weight excluding hydrogens is 327 g/mol. The highest BCUT2D eigenvalue weighted by Crippen LogP contribution is 2.29. The van der Waals surface area contributed by atoms with E-state index in [1.165, 1.54) is 0 Å². The van der Waals surface area contributed by atoms with Crippen LogP contribution in [0.15, 0.2) is 24.3 Å². The third-order valence-electron chi connectivity index (χ3n) is 3.63. The highest BCUT2D eigenvalue weighted by atomic mass is 19.4. The van der Waals surface area contributed by atoms with Crippen LogP contribution in [0.5, 0.6) is 5.75 Å². The Bertz CT molecular complexity index is 533. The third-order valence-corrected chi connectivity index (χ3v) is 3.63. The first-order valence-corrected chi connectivity index (χ1v) is 7.66. The summed E-state index contributed by atoms with van der Waals surface area (Å²) in [6.45, 7) is 0.430. The summed E-state index contributed by atoms with van der Waals surface area (Å²) in [5.74, 6) is -1.16. The molecule has 1 aromatic carbocycles. The fraction of sp³-hybridized carbons (Fsp3) is 0.562. The number of alkyl halides is 3. The number of amides is 1. The number of hydrogen-bond acceptors (Lipinski definition) is 4. The minimum Gasteiger partial charge on any atom is -0.497 e. The molecule has 1 amide bonds. The van der Waals surface area contributed by atoms with Crippen molar-refractivity contribution in [2.45, 2.75) is 37.8 Å². The molecular formula is C16H20F3NO4. The molecule has 2 atom stereocenters. The third kappa shape index (κ3) is 5.38. The van der Waals surface area contributed by atoms with Gasteiger partial charge in [0.1, 0.15) is 5.75 Å². The van der Waals surface area contributed by atoms with Gasteiger partial charge in [0.05, 0.1) is 19.8 Å². The zero-order chi connectivity index (χ0) is 17.6. The fourth-order valence-electron chi connectivity index (χ4n) is 2.33. The topological polar surface area (TPSA) is 56.8 Å². The molecule has 0 saturated carbocycles. The maximum absolute atomic E-state index is 12.0. The number of ether oxygens (including phenoxy) is 3. The van der Waals surface area contributed by atoms with Crippen LogP contribution in [0, 0.1) is 0 Å². The van der Waals surface area contributed by atoms with Crippen LogP contribution in [0.2, 0.25) is 0 Å². The Balaban J connectivity index is 1.64. The van der Waals surface area contributed by atoms with E-state index in [1.54, 1.807) is 7.11 Å². The summed E-state index contributed by atoms with van der Waals surface area (Å²) in [7, 11) is 1.59. The van der Waals surface area contributed by atoms with E-state index >= 15 is 0 Å². The fourth-order valence-corrected chi connectivity index (χ4v) is 2.33. The maximum Gasteiger partial charge on any atom is 0.471 e. The monoisotopic (exact) mass is 347 g/mol. The second-order valence-corrected chi connectivity index (χ2v) is 5.45. The summed E-state index contributed by atoms with van der Waals surface area (Å²) >= 11 is 0. The lowest BCUT2D eigenvalue weighted by Crippen LogP contribution is -2.37. The van der Waals surface area contributed by atoms with Gasteiger partial charge in [0.25, 0.3) is 0 Å². The van der Waals surface area contributed by atoms with Crippen LogP contribution < -0.4 is 10.1 Å². The predicted molar refractivity (Wildman–Crippen MR) is 79.5 cm³/mol. The van der Waals surface area contributed by atoms with E-state index in [0.29, 0.717) is 25.9 Å². The first-order chi connectivity index (χ1) is 11.4. The molecule has 8 heteroatoms. The molecule has 1 aliphatic heterocycles. The van der Waals surface area contributed by atoms with Crippen molar-refractivity contribution in [1.82, 2.24) is 5.32 Å². The molecule has 2 unspecified atom stereocenters. The van der Waals surface area contributed by atoms with Crippen molar-refractivity contribution in [2.24, 2.45) is 0 Å². The number of benzene rings is 1. The second-order valence-electron chi connectivity index (χ2n) is 5.45. The van der Waals surface area contributed by atoms with E-state index in [0.717, 1.165) is 11.3 Å². The van der Waals surface area contributed by atoms with Gasteiger partial charge in [0.15, 0.2) is 6.29 Å². The Labute approximate surface area is 138 Å². The van der Waals surface area contributed by atoms with Crippen molar-refractivity contribution in [2.75, 3.05) is 20.3 Å². The normalized spacial score (nSPS) is 20.8. The van der Waals surface area contributed by atoms with Crippen molar-refractivity contribution in [3.8, 4) is 5.75 Å². The molecule has 0 aromatic heterocycles. The van der Waals surface area contributed by atoms with Crippen LogP contribution in [-0.2, 0) is 14.3 Å². The Morgan fingerprint density at radius 2 is 2.00 bits per heavy atom. The van der Waals surface area contributed by atoms with Gasteiger partial charge in [-0.3, -0.25) is 4.79 Å². The minimum atomic E-state index is -4.83. The molecule has 0 spiro atoms. The number of carbonyl (C=O) groups is 1. The number of methoxy groups -OCH3 is 1. The van der Waals surface area contributed by atoms with Crippen LogP contribution in [-0.4, -0.2) is 38.4 Å². The minimum absolute atomic E-state index is 0.00612. The molecule has 134 valence electrons. The van der Waals surface area contributed by atoms with E-state index in [9.17, 15) is 18.0 Å². The van der Waals surface area contributed by atoms with Gasteiger partial charge in [-0.2, -0.15) is 13.2 Å². The average molecular weight is 347 g/mol. The SMILES string of the molecule is COc1ccc(C2OCC(CCCCNC(=O)C(F)(F)F)O2)cc1. The molecule has 5 nitrogen and oxygen atoms in total. The van der Waals surface area contributed by atoms with Crippen LogP contribution in [0.1, 0.15) is 31.1 Å². The lowest BCUT2D eigenvalue weighted by molar-refractivity contribution is -0.173. The van der Waals surface area contributed by atoms with E-state index in [4.69, 9.17) is 14.2 Å². The quantitative estimate of drug-likeness (QED) is 0.771. The number of carbonyl (C=O) groups excluding carboxylic acids is 1. The summed E-state index contributed by atoms with van der Waals surface area (Å²) in [6.07, 6.45) is -3.61. The largest absolute Gasteiger partial charge is 0.497 e. The Kier molecular flexibility index (Phi) is 6.44. The first kappa shape index (κ1) is 18.5. The van der Waals surface area contributed by atoms with E-state index in [2.05, 4.69) is 0 Å². The van der Waals surface area contributed by atoms with Gasteiger partial charge in [0.2, 0.25) is 0 Å². The van der Waals surface area contributed by atoms with E-state index in [1.807, 2.05) is 29.6 Å². The number of halogens is 3. The molecule has 1 heterocycles. The second kappa shape index (κ2) is 8.34. The summed E-state index contributed by atoms with van der Waals surface area (Å²) < 4.78 is 52.4. The number of rotatable bonds is 7. The molecule has 1 saturated heterocycles. The van der Waals surface area contributed by atoms with Crippen LogP contribution in [0.4, 0.5) is 13.2 Å². The average Bonchev–Trinajstić information content (AvgIpc) is 3.02. The van der Waals surface area contributed by atoms with Crippen molar-refractivity contribution < 1.29 is 32.2 Å². The zero-order valence-electron chi connectivity index (χ0n) is 13.3. The van der Waals surface area contributed by atoms with E-state index < -0.39 is 18.4 Å². The molecule has 1 aliphatic rings. The number of hydrogen-bond donors (Lipinski definition) is 1. The van der Waals surface area contributed by atoms with Gasteiger partial charge in [-0.25, -0.2) is 0 Å². The van der Waals surface area contributed by atoms with Crippen molar-refractivity contribution in [3.63, 3.8) is 0 Å². The first-order valence-electron chi connectivity index (χ1n) is 7.66. The highest BCUT2D eigenvalue weighted by molar-refractivity contribution is 5.81. The van der Waals surface area contributed by atoms with Gasteiger partial charge in [0, 0.05) is 12.1 Å². The molecule has 1 aromatic rings. The standard InChI is InChI=1S/C16H20F3NO4/c1-22-12-7-5-11(6-8-12)14-23-10-13(24-14)4-2-3-9-20-15(21)16(17,18)19/h5-8,13-14H,2-4,9-10H2,1H3,(H,20,21). The molecule has 24 heavy (non-hydrogen) atoms. The van der Waals surface area contributed by atoms with Crippen LogP contribution >= 0.6 is 0 Å². The van der Waals surface area contributed by atoms with Gasteiger partial charge < -0.3 is 19.5 Å². The molecule has 0 bridgehead atoms. The van der Waals surface area contributed by atoms with Crippen LogP contribution in [0.25, 0.3) is 0 Å². The maximum atomic E-state index is 12.0. The van der Waals surface area contributed by atoms with Gasteiger partial charge in [-0.15, -0.1) is 0 Å². The van der Waals surface area contributed by atoms with E-state index in [-0.39, 0.29) is 12.6 Å².